The molecule has 6 nitrogen and oxygen atoms in total. The maximum Gasteiger partial charge on any atom is 0.242 e. The first kappa shape index (κ1) is 26.8. The van der Waals surface area contributed by atoms with Gasteiger partial charge in [-0.1, -0.05) is 49.2 Å². The zero-order valence-corrected chi connectivity index (χ0v) is 21.3. The van der Waals surface area contributed by atoms with Crippen LogP contribution in [0.15, 0.2) is 36.4 Å². The van der Waals surface area contributed by atoms with Crippen molar-refractivity contribution in [1.29, 1.82) is 0 Å². The van der Waals surface area contributed by atoms with E-state index >= 15 is 0 Å². The van der Waals surface area contributed by atoms with Gasteiger partial charge in [0.05, 0.1) is 14.2 Å². The van der Waals surface area contributed by atoms with Crippen molar-refractivity contribution in [3.05, 3.63) is 57.6 Å². The first-order chi connectivity index (χ1) is 15.7. The summed E-state index contributed by atoms with van der Waals surface area (Å²) >= 11 is 12.7. The van der Waals surface area contributed by atoms with Crippen LogP contribution in [-0.2, 0) is 22.6 Å². The largest absolute Gasteiger partial charge is 0.493 e. The molecule has 0 bridgehead atoms. The van der Waals surface area contributed by atoms with Gasteiger partial charge in [-0.15, -0.1) is 0 Å². The Morgan fingerprint density at radius 2 is 1.64 bits per heavy atom. The predicted octanol–water partition coefficient (Wildman–Crippen LogP) is 5.13. The van der Waals surface area contributed by atoms with Crippen molar-refractivity contribution in [3.63, 3.8) is 0 Å². The van der Waals surface area contributed by atoms with Gasteiger partial charge < -0.3 is 19.7 Å². The number of amides is 2. The summed E-state index contributed by atoms with van der Waals surface area (Å²) in [6, 6.07) is 10.0. The Balaban J connectivity index is 2.22. The first-order valence-corrected chi connectivity index (χ1v) is 11.6. The Morgan fingerprint density at radius 3 is 2.21 bits per heavy atom. The molecule has 1 N–H and O–H groups in total. The van der Waals surface area contributed by atoms with Gasteiger partial charge in [-0.2, -0.15) is 0 Å². The summed E-state index contributed by atoms with van der Waals surface area (Å²) in [5.74, 6) is 1.13. The van der Waals surface area contributed by atoms with Crippen molar-refractivity contribution < 1.29 is 19.1 Å². The highest BCUT2D eigenvalue weighted by molar-refractivity contribution is 6.36. The number of hydrogen-bond acceptors (Lipinski definition) is 4. The maximum absolute atomic E-state index is 13.3. The second-order valence-corrected chi connectivity index (χ2v) is 9.04. The van der Waals surface area contributed by atoms with E-state index in [0.717, 1.165) is 5.56 Å². The van der Waals surface area contributed by atoms with Crippen LogP contribution in [0.3, 0.4) is 0 Å². The number of hydrogen-bond donors (Lipinski definition) is 1. The predicted molar refractivity (Wildman–Crippen MR) is 132 cm³/mol. The number of ether oxygens (including phenoxy) is 2. The number of carbonyl (C=O) groups excluding carboxylic acids is 2. The fourth-order valence-corrected chi connectivity index (χ4v) is 3.84. The molecule has 0 aliphatic rings. The van der Waals surface area contributed by atoms with Crippen LogP contribution in [0.25, 0.3) is 0 Å². The molecule has 0 aromatic heterocycles. The summed E-state index contributed by atoms with van der Waals surface area (Å²) in [5.41, 5.74) is 1.54. The smallest absolute Gasteiger partial charge is 0.242 e. The van der Waals surface area contributed by atoms with E-state index in [4.69, 9.17) is 32.7 Å². The van der Waals surface area contributed by atoms with Gasteiger partial charge in [-0.25, -0.2) is 0 Å². The summed E-state index contributed by atoms with van der Waals surface area (Å²) < 4.78 is 10.6. The molecule has 2 aromatic rings. The lowest BCUT2D eigenvalue weighted by Gasteiger charge is -2.29. The Hall–Kier alpha value is -2.44. The Morgan fingerprint density at radius 1 is 1.00 bits per heavy atom. The molecular weight excluding hydrogens is 463 g/mol. The highest BCUT2D eigenvalue weighted by Gasteiger charge is 2.27. The zero-order chi connectivity index (χ0) is 24.5. The molecule has 0 saturated carbocycles. The van der Waals surface area contributed by atoms with Gasteiger partial charge in [-0.05, 0) is 49.1 Å². The molecule has 180 valence electrons. The zero-order valence-electron chi connectivity index (χ0n) is 19.8. The number of aryl methyl sites for hydroxylation is 1. The Labute approximate surface area is 206 Å². The minimum absolute atomic E-state index is 0.138. The molecule has 0 saturated heterocycles. The number of methoxy groups -OCH3 is 2. The highest BCUT2D eigenvalue weighted by atomic mass is 35.5. The molecule has 1 unspecified atom stereocenters. The highest BCUT2D eigenvalue weighted by Crippen LogP contribution is 2.29. The van der Waals surface area contributed by atoms with Gasteiger partial charge in [0.15, 0.2) is 11.5 Å². The average molecular weight is 495 g/mol. The van der Waals surface area contributed by atoms with E-state index in [9.17, 15) is 9.59 Å². The molecular formula is C25H32Cl2N2O4. The minimum atomic E-state index is -0.686. The quantitative estimate of drug-likeness (QED) is 0.469. The van der Waals surface area contributed by atoms with E-state index in [1.807, 2.05) is 32.0 Å². The third kappa shape index (κ3) is 7.54. The summed E-state index contributed by atoms with van der Waals surface area (Å²) in [4.78, 5) is 27.6. The monoisotopic (exact) mass is 494 g/mol. The van der Waals surface area contributed by atoms with Crippen LogP contribution in [0.4, 0.5) is 0 Å². The van der Waals surface area contributed by atoms with E-state index in [1.165, 1.54) is 4.90 Å². The molecule has 0 fully saturated rings. The van der Waals surface area contributed by atoms with E-state index in [1.54, 1.807) is 39.3 Å². The van der Waals surface area contributed by atoms with E-state index in [0.29, 0.717) is 46.0 Å². The number of halogens is 2. The number of benzene rings is 2. The van der Waals surface area contributed by atoms with E-state index < -0.39 is 6.04 Å². The van der Waals surface area contributed by atoms with Crippen molar-refractivity contribution in [3.8, 4) is 11.5 Å². The lowest BCUT2D eigenvalue weighted by molar-refractivity contribution is -0.140. The standard InChI is InChI=1S/C25H32Cl2N2O4/c1-16(2)14-28-25(31)17(3)29(15-19-20(26)7-6-8-21(19)27)24(30)12-10-18-9-11-22(32-4)23(13-18)33-5/h6-9,11,13,16-17H,10,12,14-15H2,1-5H3,(H,28,31). The van der Waals surface area contributed by atoms with Crippen molar-refractivity contribution in [2.24, 2.45) is 5.92 Å². The number of nitrogens with one attached hydrogen (secondary N) is 1. The second-order valence-electron chi connectivity index (χ2n) is 8.23. The van der Waals surface area contributed by atoms with Gasteiger partial charge in [0.25, 0.3) is 0 Å². The fourth-order valence-electron chi connectivity index (χ4n) is 3.32. The van der Waals surface area contributed by atoms with Crippen molar-refractivity contribution in [1.82, 2.24) is 10.2 Å². The molecule has 0 aliphatic carbocycles. The second kappa shape index (κ2) is 12.7. The van der Waals surface area contributed by atoms with Crippen molar-refractivity contribution in [2.45, 2.75) is 46.2 Å². The van der Waals surface area contributed by atoms with Crippen LogP contribution in [-0.4, -0.2) is 43.5 Å². The van der Waals surface area contributed by atoms with Crippen LogP contribution in [0.2, 0.25) is 10.0 Å². The molecule has 0 aliphatic heterocycles. The third-order valence-corrected chi connectivity index (χ3v) is 6.03. The Kier molecular flexibility index (Phi) is 10.3. The van der Waals surface area contributed by atoms with Crippen molar-refractivity contribution >= 4 is 35.0 Å². The number of carbonyl (C=O) groups is 2. The summed E-state index contributed by atoms with van der Waals surface area (Å²) in [5, 5.41) is 3.81. The van der Waals surface area contributed by atoms with Gasteiger partial charge in [0, 0.05) is 35.1 Å². The topological polar surface area (TPSA) is 67.9 Å². The van der Waals surface area contributed by atoms with Gasteiger partial charge in [0.1, 0.15) is 6.04 Å². The van der Waals surface area contributed by atoms with Crippen LogP contribution >= 0.6 is 23.2 Å². The van der Waals surface area contributed by atoms with Crippen LogP contribution in [0, 0.1) is 5.92 Å². The molecule has 2 rings (SSSR count). The molecule has 2 amide bonds. The summed E-state index contributed by atoms with van der Waals surface area (Å²) in [7, 11) is 3.14. The van der Waals surface area contributed by atoms with Crippen LogP contribution in [0.1, 0.15) is 38.3 Å². The van der Waals surface area contributed by atoms with Gasteiger partial charge >= 0.3 is 0 Å². The lowest BCUT2D eigenvalue weighted by atomic mass is 10.1. The SMILES string of the molecule is COc1ccc(CCC(=O)N(Cc2c(Cl)cccc2Cl)C(C)C(=O)NCC(C)C)cc1OC. The molecule has 8 heteroatoms. The average Bonchev–Trinajstić information content (AvgIpc) is 2.80. The molecule has 33 heavy (non-hydrogen) atoms. The van der Waals surface area contributed by atoms with Gasteiger partial charge in [-0.3, -0.25) is 9.59 Å². The fraction of sp³-hybridized carbons (Fsp3) is 0.440. The molecule has 0 heterocycles. The van der Waals surface area contributed by atoms with E-state index in [-0.39, 0.29) is 24.8 Å². The summed E-state index contributed by atoms with van der Waals surface area (Å²) in [6.07, 6.45) is 0.686. The molecule has 1 atom stereocenters. The van der Waals surface area contributed by atoms with E-state index in [2.05, 4.69) is 5.32 Å². The third-order valence-electron chi connectivity index (χ3n) is 5.32. The molecule has 2 aromatic carbocycles. The van der Waals surface area contributed by atoms with Gasteiger partial charge in [0.2, 0.25) is 11.8 Å². The van der Waals surface area contributed by atoms with Crippen molar-refractivity contribution in [2.75, 3.05) is 20.8 Å². The first-order valence-electron chi connectivity index (χ1n) is 10.9. The normalized spacial score (nSPS) is 11.8. The molecule has 0 spiro atoms. The number of nitrogens with zero attached hydrogens (tertiary/aromatic N) is 1. The lowest BCUT2D eigenvalue weighted by Crippen LogP contribution is -2.48. The van der Waals surface area contributed by atoms with Crippen LogP contribution < -0.4 is 14.8 Å². The van der Waals surface area contributed by atoms with Crippen LogP contribution in [0.5, 0.6) is 11.5 Å². The Bertz CT molecular complexity index is 945. The minimum Gasteiger partial charge on any atom is -0.493 e. The molecule has 0 radical (unpaired) electrons. The maximum atomic E-state index is 13.3. The summed E-state index contributed by atoms with van der Waals surface area (Å²) in [6.45, 7) is 6.42. The number of rotatable bonds is 11.